The maximum Gasteiger partial charge on any atom is 0.262 e. The largest absolute Gasteiger partial charge is 0.493 e. The molecular formula is C25H21FN2O3. The van der Waals surface area contributed by atoms with E-state index in [4.69, 9.17) is 9.47 Å². The summed E-state index contributed by atoms with van der Waals surface area (Å²) >= 11 is 0. The van der Waals surface area contributed by atoms with Gasteiger partial charge in [0.25, 0.3) is 5.91 Å². The lowest BCUT2D eigenvalue weighted by Crippen LogP contribution is -2.23. The maximum atomic E-state index is 13.3. The van der Waals surface area contributed by atoms with Crippen LogP contribution >= 0.6 is 0 Å². The Balaban J connectivity index is 1.70. The third-order valence-electron chi connectivity index (χ3n) is 4.44. The van der Waals surface area contributed by atoms with E-state index in [0.717, 1.165) is 5.56 Å². The van der Waals surface area contributed by atoms with Gasteiger partial charge in [-0.1, -0.05) is 48.5 Å². The Morgan fingerprint density at radius 2 is 1.81 bits per heavy atom. The standard InChI is InChI=1S/C25H21FN2O3/c1-30-24-14-19(10-11-23(24)31-17-20-8-5-9-22(26)13-20)12-21(15-27)25(29)28-16-18-6-3-2-4-7-18/h2-14H,16-17H2,1H3,(H,28,29)/b21-12-. The number of amides is 1. The maximum absolute atomic E-state index is 13.3. The van der Waals surface area contributed by atoms with Gasteiger partial charge in [0, 0.05) is 6.54 Å². The molecule has 0 spiro atoms. The summed E-state index contributed by atoms with van der Waals surface area (Å²) in [5, 5.41) is 12.1. The molecule has 0 saturated heterocycles. The average molecular weight is 416 g/mol. The molecule has 0 atom stereocenters. The molecule has 0 fully saturated rings. The molecule has 0 aromatic heterocycles. The number of nitriles is 1. The minimum atomic E-state index is -0.461. The SMILES string of the molecule is COc1cc(/C=C(/C#N)C(=O)NCc2ccccc2)ccc1OCc1cccc(F)c1. The highest BCUT2D eigenvalue weighted by Gasteiger charge is 2.11. The average Bonchev–Trinajstić information content (AvgIpc) is 2.80. The van der Waals surface area contributed by atoms with Crippen LogP contribution in [0.1, 0.15) is 16.7 Å². The molecule has 0 aliphatic carbocycles. The highest BCUT2D eigenvalue weighted by atomic mass is 19.1. The number of rotatable bonds is 8. The normalized spacial score (nSPS) is 10.8. The Labute approximate surface area is 180 Å². The first kappa shape index (κ1) is 21.6. The van der Waals surface area contributed by atoms with Crippen LogP contribution in [0.5, 0.6) is 11.5 Å². The van der Waals surface area contributed by atoms with Crippen molar-refractivity contribution in [1.29, 1.82) is 5.26 Å². The molecule has 3 aromatic carbocycles. The lowest BCUT2D eigenvalue weighted by atomic mass is 10.1. The predicted octanol–water partition coefficient (Wildman–Crippen LogP) is 4.64. The fourth-order valence-corrected chi connectivity index (χ4v) is 2.87. The Hall–Kier alpha value is -4.11. The van der Waals surface area contributed by atoms with Crippen LogP contribution in [0, 0.1) is 17.1 Å². The van der Waals surface area contributed by atoms with Gasteiger partial charge >= 0.3 is 0 Å². The van der Waals surface area contributed by atoms with Crippen LogP contribution in [0.25, 0.3) is 6.08 Å². The molecule has 3 rings (SSSR count). The molecular weight excluding hydrogens is 395 g/mol. The van der Waals surface area contributed by atoms with Crippen molar-refractivity contribution in [3.05, 3.63) is 101 Å². The van der Waals surface area contributed by atoms with Crippen molar-refractivity contribution in [2.75, 3.05) is 7.11 Å². The van der Waals surface area contributed by atoms with Crippen molar-refractivity contribution in [1.82, 2.24) is 5.32 Å². The number of methoxy groups -OCH3 is 1. The van der Waals surface area contributed by atoms with E-state index in [1.807, 2.05) is 36.4 Å². The monoisotopic (exact) mass is 416 g/mol. The van der Waals surface area contributed by atoms with Crippen LogP contribution in [0.4, 0.5) is 4.39 Å². The van der Waals surface area contributed by atoms with E-state index in [2.05, 4.69) is 5.32 Å². The van der Waals surface area contributed by atoms with Gasteiger partial charge in [-0.25, -0.2) is 4.39 Å². The van der Waals surface area contributed by atoms with Gasteiger partial charge in [0.15, 0.2) is 11.5 Å². The van der Waals surface area contributed by atoms with Crippen LogP contribution in [0.2, 0.25) is 0 Å². The van der Waals surface area contributed by atoms with Crippen LogP contribution < -0.4 is 14.8 Å². The number of benzene rings is 3. The summed E-state index contributed by atoms with van der Waals surface area (Å²) in [6, 6.07) is 22.6. The molecule has 0 heterocycles. The first-order valence-electron chi connectivity index (χ1n) is 9.58. The summed E-state index contributed by atoms with van der Waals surface area (Å²) in [6.07, 6.45) is 1.49. The van der Waals surface area contributed by atoms with E-state index in [9.17, 15) is 14.4 Å². The molecule has 0 saturated carbocycles. The summed E-state index contributed by atoms with van der Waals surface area (Å²) < 4.78 is 24.4. The zero-order chi connectivity index (χ0) is 22.1. The Kier molecular flexibility index (Phi) is 7.39. The molecule has 3 aromatic rings. The molecule has 6 heteroatoms. The number of hydrogen-bond acceptors (Lipinski definition) is 4. The molecule has 0 aliphatic heterocycles. The first-order valence-corrected chi connectivity index (χ1v) is 9.58. The smallest absolute Gasteiger partial charge is 0.262 e. The third-order valence-corrected chi connectivity index (χ3v) is 4.44. The Morgan fingerprint density at radius 1 is 1.03 bits per heavy atom. The molecule has 0 bridgehead atoms. The predicted molar refractivity (Wildman–Crippen MR) is 116 cm³/mol. The second-order valence-corrected chi connectivity index (χ2v) is 6.67. The van der Waals surface area contributed by atoms with Crippen molar-refractivity contribution in [2.24, 2.45) is 0 Å². The van der Waals surface area contributed by atoms with E-state index in [1.165, 1.54) is 25.3 Å². The number of halogens is 1. The summed E-state index contributed by atoms with van der Waals surface area (Å²) in [5.41, 5.74) is 2.22. The zero-order valence-electron chi connectivity index (χ0n) is 17.0. The van der Waals surface area contributed by atoms with E-state index in [1.54, 1.807) is 30.3 Å². The number of hydrogen-bond donors (Lipinski definition) is 1. The van der Waals surface area contributed by atoms with E-state index < -0.39 is 5.91 Å². The van der Waals surface area contributed by atoms with Gasteiger partial charge in [-0.15, -0.1) is 0 Å². The number of nitrogens with zero attached hydrogens (tertiary/aromatic N) is 1. The quantitative estimate of drug-likeness (QED) is 0.429. The molecule has 1 amide bonds. The van der Waals surface area contributed by atoms with E-state index in [0.29, 0.717) is 29.2 Å². The molecule has 5 nitrogen and oxygen atoms in total. The molecule has 0 aliphatic rings. The van der Waals surface area contributed by atoms with Gasteiger partial charge < -0.3 is 14.8 Å². The number of nitrogens with one attached hydrogen (secondary N) is 1. The molecule has 156 valence electrons. The third kappa shape index (κ3) is 6.18. The summed E-state index contributed by atoms with van der Waals surface area (Å²) in [5.74, 6) is 0.114. The van der Waals surface area contributed by atoms with Crippen LogP contribution in [-0.4, -0.2) is 13.0 Å². The molecule has 0 radical (unpaired) electrons. The minimum absolute atomic E-state index is 0.0218. The van der Waals surface area contributed by atoms with Crippen LogP contribution in [0.15, 0.2) is 78.4 Å². The van der Waals surface area contributed by atoms with Crippen LogP contribution in [0.3, 0.4) is 0 Å². The van der Waals surface area contributed by atoms with Gasteiger partial charge in [-0.3, -0.25) is 4.79 Å². The van der Waals surface area contributed by atoms with Crippen molar-refractivity contribution in [2.45, 2.75) is 13.2 Å². The zero-order valence-corrected chi connectivity index (χ0v) is 17.0. The second-order valence-electron chi connectivity index (χ2n) is 6.67. The van der Waals surface area contributed by atoms with Crippen molar-refractivity contribution in [3.8, 4) is 17.6 Å². The molecule has 1 N–H and O–H groups in total. The highest BCUT2D eigenvalue weighted by Crippen LogP contribution is 2.29. The van der Waals surface area contributed by atoms with Crippen molar-refractivity contribution < 1.29 is 18.7 Å². The van der Waals surface area contributed by atoms with Crippen molar-refractivity contribution in [3.63, 3.8) is 0 Å². The van der Waals surface area contributed by atoms with Crippen LogP contribution in [-0.2, 0) is 17.9 Å². The van der Waals surface area contributed by atoms with Gasteiger partial charge in [0.05, 0.1) is 7.11 Å². The lowest BCUT2D eigenvalue weighted by molar-refractivity contribution is -0.117. The first-order chi connectivity index (χ1) is 15.1. The van der Waals surface area contributed by atoms with Crippen molar-refractivity contribution >= 4 is 12.0 Å². The Bertz CT molecular complexity index is 1120. The van der Waals surface area contributed by atoms with E-state index >= 15 is 0 Å². The fourth-order valence-electron chi connectivity index (χ4n) is 2.87. The fraction of sp³-hybridized carbons (Fsp3) is 0.120. The lowest BCUT2D eigenvalue weighted by Gasteiger charge is -2.12. The topological polar surface area (TPSA) is 71.3 Å². The number of ether oxygens (including phenoxy) is 2. The number of carbonyl (C=O) groups is 1. The summed E-state index contributed by atoms with van der Waals surface area (Å²) in [4.78, 5) is 12.4. The second kappa shape index (κ2) is 10.6. The highest BCUT2D eigenvalue weighted by molar-refractivity contribution is 6.01. The van der Waals surface area contributed by atoms with Gasteiger partial charge in [0.1, 0.15) is 24.1 Å². The Morgan fingerprint density at radius 3 is 2.52 bits per heavy atom. The minimum Gasteiger partial charge on any atom is -0.493 e. The molecule has 0 unspecified atom stereocenters. The van der Waals surface area contributed by atoms with Gasteiger partial charge in [0.2, 0.25) is 0 Å². The van der Waals surface area contributed by atoms with Gasteiger partial charge in [-0.05, 0) is 47.0 Å². The molecule has 31 heavy (non-hydrogen) atoms. The summed E-state index contributed by atoms with van der Waals surface area (Å²) in [7, 11) is 1.50. The summed E-state index contributed by atoms with van der Waals surface area (Å²) in [6.45, 7) is 0.503. The number of carbonyl (C=O) groups excluding carboxylic acids is 1. The van der Waals surface area contributed by atoms with E-state index in [-0.39, 0.29) is 18.0 Å². The van der Waals surface area contributed by atoms with Gasteiger partial charge in [-0.2, -0.15) is 5.26 Å².